The number of benzene rings is 1. The maximum absolute atomic E-state index is 9.06. The predicted molar refractivity (Wildman–Crippen MR) is 87.4 cm³/mol. The van der Waals surface area contributed by atoms with Gasteiger partial charge in [0.2, 0.25) is 0 Å². The van der Waals surface area contributed by atoms with Crippen molar-refractivity contribution >= 4 is 29.4 Å². The number of nitrogens with zero attached hydrogens (tertiary/aromatic N) is 3. The summed E-state index contributed by atoms with van der Waals surface area (Å²) in [6.45, 7) is 4.03. The van der Waals surface area contributed by atoms with Gasteiger partial charge in [-0.2, -0.15) is 5.10 Å². The molecule has 2 rings (SSSR count). The smallest absolute Gasteiger partial charge is 0.172 e. The lowest BCUT2D eigenvalue weighted by atomic mass is 10.2. The lowest BCUT2D eigenvalue weighted by Crippen LogP contribution is -2.15. The highest BCUT2D eigenvalue weighted by Crippen LogP contribution is 2.35. The maximum atomic E-state index is 9.06. The molecule has 0 aliphatic rings. The van der Waals surface area contributed by atoms with Crippen molar-refractivity contribution < 1.29 is 5.21 Å². The Kier molecular flexibility index (Phi) is 5.19. The van der Waals surface area contributed by atoms with Crippen LogP contribution in [0.5, 0.6) is 0 Å². The van der Waals surface area contributed by atoms with Crippen molar-refractivity contribution in [2.24, 2.45) is 17.9 Å². The van der Waals surface area contributed by atoms with E-state index in [1.807, 2.05) is 42.9 Å². The topological polar surface area (TPSA) is 76.4 Å². The number of rotatable bonds is 5. The third kappa shape index (κ3) is 3.54. The molecule has 0 saturated heterocycles. The van der Waals surface area contributed by atoms with Gasteiger partial charge in [0.1, 0.15) is 0 Å². The molecule has 5 nitrogen and oxygen atoms in total. The second kappa shape index (κ2) is 6.91. The first-order chi connectivity index (χ1) is 10.1. The number of hydrogen-bond acceptors (Lipinski definition) is 5. The number of aryl methyl sites for hydroxylation is 2. The van der Waals surface area contributed by atoms with Crippen molar-refractivity contribution in [2.75, 3.05) is 5.75 Å². The Morgan fingerprint density at radius 2 is 2.14 bits per heavy atom. The van der Waals surface area contributed by atoms with Crippen LogP contribution in [0.3, 0.4) is 0 Å². The van der Waals surface area contributed by atoms with Crippen LogP contribution >= 0.6 is 23.5 Å². The van der Waals surface area contributed by atoms with Crippen molar-refractivity contribution in [1.29, 1.82) is 0 Å². The van der Waals surface area contributed by atoms with Gasteiger partial charge in [-0.1, -0.05) is 29.9 Å². The maximum Gasteiger partial charge on any atom is 0.172 e. The SMILES string of the molecule is CCSc1cccc(Sc2cc(C)nn2C)c1/C(N)=N/O. The molecule has 0 unspecified atom stereocenters. The molecule has 1 aromatic carbocycles. The minimum atomic E-state index is 0.132. The molecular weight excluding hydrogens is 304 g/mol. The summed E-state index contributed by atoms with van der Waals surface area (Å²) < 4.78 is 1.83. The van der Waals surface area contributed by atoms with E-state index in [0.29, 0.717) is 0 Å². The molecule has 0 bridgehead atoms. The Balaban J connectivity index is 2.47. The number of oxime groups is 1. The van der Waals surface area contributed by atoms with Crippen LogP contribution in [0.2, 0.25) is 0 Å². The van der Waals surface area contributed by atoms with Gasteiger partial charge < -0.3 is 10.9 Å². The Labute approximate surface area is 132 Å². The van der Waals surface area contributed by atoms with Crippen LogP contribution in [0, 0.1) is 6.92 Å². The molecule has 0 amide bonds. The minimum Gasteiger partial charge on any atom is -0.409 e. The summed E-state index contributed by atoms with van der Waals surface area (Å²) in [5.41, 5.74) is 7.61. The van der Waals surface area contributed by atoms with Crippen LogP contribution in [0.4, 0.5) is 0 Å². The highest BCUT2D eigenvalue weighted by molar-refractivity contribution is 8.00. The number of nitrogens with two attached hydrogens (primary N) is 1. The number of thioether (sulfide) groups is 1. The first-order valence-electron chi connectivity index (χ1n) is 6.49. The molecule has 0 atom stereocenters. The molecular formula is C14H18N4OS2. The zero-order chi connectivity index (χ0) is 15.4. The van der Waals surface area contributed by atoms with Crippen LogP contribution in [0.15, 0.2) is 44.2 Å². The van der Waals surface area contributed by atoms with Crippen molar-refractivity contribution in [3.63, 3.8) is 0 Å². The van der Waals surface area contributed by atoms with E-state index in [4.69, 9.17) is 10.9 Å². The standard InChI is InChI=1S/C14H18N4OS2/c1-4-20-10-6-5-7-11(13(10)14(15)17-19)21-12-8-9(2)16-18(12)3/h5-8,19H,4H2,1-3H3,(H2,15,17). The highest BCUT2D eigenvalue weighted by atomic mass is 32.2. The summed E-state index contributed by atoms with van der Waals surface area (Å²) in [5.74, 6) is 1.05. The second-order valence-corrected chi connectivity index (χ2v) is 6.77. The molecule has 3 N–H and O–H groups in total. The number of hydrogen-bond donors (Lipinski definition) is 2. The fraction of sp³-hybridized carbons (Fsp3) is 0.286. The summed E-state index contributed by atoms with van der Waals surface area (Å²) in [5, 5.41) is 17.6. The average molecular weight is 322 g/mol. The van der Waals surface area contributed by atoms with Crippen LogP contribution in [-0.2, 0) is 7.05 Å². The molecule has 0 spiro atoms. The zero-order valence-corrected chi connectivity index (χ0v) is 13.8. The van der Waals surface area contributed by atoms with E-state index in [9.17, 15) is 0 Å². The van der Waals surface area contributed by atoms with Gasteiger partial charge in [0.05, 0.1) is 10.7 Å². The van der Waals surface area contributed by atoms with E-state index in [2.05, 4.69) is 17.2 Å². The number of amidine groups is 1. The summed E-state index contributed by atoms with van der Waals surface area (Å²) in [4.78, 5) is 1.96. The van der Waals surface area contributed by atoms with Crippen molar-refractivity contribution in [1.82, 2.24) is 9.78 Å². The molecule has 0 aliphatic heterocycles. The van der Waals surface area contributed by atoms with Gasteiger partial charge in [0.25, 0.3) is 0 Å². The molecule has 1 aromatic heterocycles. The van der Waals surface area contributed by atoms with Gasteiger partial charge in [-0.25, -0.2) is 0 Å². The van der Waals surface area contributed by atoms with Crippen LogP contribution in [0.25, 0.3) is 0 Å². The molecule has 21 heavy (non-hydrogen) atoms. The van der Waals surface area contributed by atoms with Gasteiger partial charge >= 0.3 is 0 Å². The van der Waals surface area contributed by atoms with Gasteiger partial charge in [-0.05, 0) is 30.9 Å². The third-order valence-corrected chi connectivity index (χ3v) is 4.92. The molecule has 0 radical (unpaired) electrons. The number of aromatic nitrogens is 2. The largest absolute Gasteiger partial charge is 0.409 e. The Bertz CT molecular complexity index is 667. The molecule has 0 saturated carbocycles. The monoisotopic (exact) mass is 322 g/mol. The summed E-state index contributed by atoms with van der Waals surface area (Å²) >= 11 is 3.23. The first-order valence-corrected chi connectivity index (χ1v) is 8.29. The zero-order valence-electron chi connectivity index (χ0n) is 12.2. The highest BCUT2D eigenvalue weighted by Gasteiger charge is 2.15. The molecule has 7 heteroatoms. The quantitative estimate of drug-likeness (QED) is 0.291. The predicted octanol–water partition coefficient (Wildman–Crippen LogP) is 3.09. The second-order valence-electron chi connectivity index (χ2n) is 4.40. The van der Waals surface area contributed by atoms with E-state index in [1.54, 1.807) is 23.5 Å². The molecule has 112 valence electrons. The van der Waals surface area contributed by atoms with E-state index in [-0.39, 0.29) is 5.84 Å². The normalized spacial score (nSPS) is 11.9. The Morgan fingerprint density at radius 1 is 1.43 bits per heavy atom. The van der Waals surface area contributed by atoms with Crippen molar-refractivity contribution in [3.05, 3.63) is 35.5 Å². The van der Waals surface area contributed by atoms with Crippen molar-refractivity contribution in [2.45, 2.75) is 28.7 Å². The molecule has 2 aromatic rings. The van der Waals surface area contributed by atoms with Gasteiger partial charge in [0.15, 0.2) is 5.84 Å². The van der Waals surface area contributed by atoms with Crippen LogP contribution in [0.1, 0.15) is 18.2 Å². The summed E-state index contributed by atoms with van der Waals surface area (Å²) in [6, 6.07) is 7.96. The van der Waals surface area contributed by atoms with Crippen LogP contribution < -0.4 is 5.73 Å². The minimum absolute atomic E-state index is 0.132. The van der Waals surface area contributed by atoms with Gasteiger partial charge in [0, 0.05) is 22.4 Å². The third-order valence-electron chi connectivity index (χ3n) is 2.83. The average Bonchev–Trinajstić information content (AvgIpc) is 2.77. The van der Waals surface area contributed by atoms with E-state index in [1.165, 1.54) is 0 Å². The van der Waals surface area contributed by atoms with Gasteiger partial charge in [-0.3, -0.25) is 4.68 Å². The fourth-order valence-corrected chi connectivity index (χ4v) is 3.97. The fourth-order valence-electron chi connectivity index (χ4n) is 1.97. The summed E-state index contributed by atoms with van der Waals surface area (Å²) in [6.07, 6.45) is 0. The lowest BCUT2D eigenvalue weighted by molar-refractivity contribution is 0.318. The Morgan fingerprint density at radius 3 is 2.71 bits per heavy atom. The van der Waals surface area contributed by atoms with Gasteiger partial charge in [-0.15, -0.1) is 11.8 Å². The molecule has 1 heterocycles. The first kappa shape index (κ1) is 15.8. The van der Waals surface area contributed by atoms with Crippen molar-refractivity contribution in [3.8, 4) is 0 Å². The van der Waals surface area contributed by atoms with E-state index < -0.39 is 0 Å². The van der Waals surface area contributed by atoms with E-state index >= 15 is 0 Å². The Hall–Kier alpha value is -1.60. The molecule has 0 aliphatic carbocycles. The summed E-state index contributed by atoms with van der Waals surface area (Å²) in [7, 11) is 1.91. The van der Waals surface area contributed by atoms with Crippen LogP contribution in [-0.4, -0.2) is 26.6 Å². The molecule has 0 fully saturated rings. The van der Waals surface area contributed by atoms with E-state index in [0.717, 1.165) is 31.8 Å². The lowest BCUT2D eigenvalue weighted by Gasteiger charge is -2.12.